The second kappa shape index (κ2) is 63.9. The molecule has 0 aliphatic carbocycles. The Labute approximate surface area is 637 Å². The van der Waals surface area contributed by atoms with Gasteiger partial charge in [-0.25, -0.2) is 0 Å². The number of nitrogens with zero attached hydrogens (tertiary/aromatic N) is 5. The monoisotopic (exact) mass is 1530 g/mol. The van der Waals surface area contributed by atoms with Gasteiger partial charge in [0.05, 0.1) is 308 Å². The number of anilines is 1. The minimum absolute atomic E-state index is 0.00379. The lowest BCUT2D eigenvalue weighted by atomic mass is 10.1. The molecule has 0 fully saturated rings. The molecule has 0 aliphatic heterocycles. The molecule has 14 atom stereocenters. The van der Waals surface area contributed by atoms with Crippen LogP contribution in [0.4, 0.5) is 16.4 Å². The van der Waals surface area contributed by atoms with Gasteiger partial charge in [0.2, 0.25) is 0 Å². The standard InChI is InChI=1S/C76H135N5O24S/c1-56-39-72(17-18-74(56)79-80-76-73(40-77)71(16)75(41-78)106-76)81(19-23-90-42-57(2)94-46-61(6)98-50-65(10)102-54-69(14)104-52-67(12)100-48-63(8)96-44-59(4)92-37-35-88-33-31-86-29-27-84-25-21-82)20-24-91-43-58(3)95-47-62(7)99-51-66(11)103-55-70(15)105-53-68(13)101-49-64(9)97-45-60(5)93-38-36-89-34-32-87-30-28-85-26-22-83/h17-18,39,57-70,82-83H,19-38,42-55H2,1-16H3. The van der Waals surface area contributed by atoms with Crippen LogP contribution in [0.3, 0.4) is 0 Å². The fourth-order valence-corrected chi connectivity index (χ4v) is 10.0. The molecule has 0 radical (unpaired) electrons. The Morgan fingerprint density at radius 1 is 0.340 bits per heavy atom. The molecule has 2 N–H and O–H groups in total. The van der Waals surface area contributed by atoms with Crippen LogP contribution in [0.25, 0.3) is 0 Å². The Morgan fingerprint density at radius 3 is 0.887 bits per heavy atom. The first kappa shape index (κ1) is 98.4. The molecule has 0 spiro atoms. The van der Waals surface area contributed by atoms with Crippen molar-refractivity contribution in [1.29, 1.82) is 10.5 Å². The normalized spacial score (nSPS) is 16.0. The maximum Gasteiger partial charge on any atom is 0.158 e. The number of hydrogen-bond acceptors (Lipinski definition) is 30. The fourth-order valence-electron chi connectivity index (χ4n) is 9.17. The van der Waals surface area contributed by atoms with Gasteiger partial charge in [-0.2, -0.15) is 10.5 Å². The zero-order valence-electron chi connectivity index (χ0n) is 66.9. The van der Waals surface area contributed by atoms with Gasteiger partial charge in [-0.3, -0.25) is 0 Å². The summed E-state index contributed by atoms with van der Waals surface area (Å²) in [5.41, 5.74) is 3.43. The van der Waals surface area contributed by atoms with Crippen LogP contribution >= 0.6 is 11.3 Å². The lowest BCUT2D eigenvalue weighted by Gasteiger charge is -2.26. The number of nitriles is 2. The maximum atomic E-state index is 9.76. The van der Waals surface area contributed by atoms with Crippen molar-refractivity contribution in [3.8, 4) is 12.1 Å². The first-order valence-corrected chi connectivity index (χ1v) is 38.6. The SMILES string of the molecule is Cc1cc(N(CCOCC(C)OCC(C)OCC(C)OCC(C)OCC(C)OCC(C)OCC(C)OCCOCCOCCOCCO)CCOCC(C)OCC(C)OCC(C)OCC(C)OCC(C)OCC(C)OCC(C)OCCOCCOCCOCCO)ccc1N=Nc1sc(C#N)c(C)c1C#N. The topological polar surface area (TPSA) is 319 Å². The van der Waals surface area contributed by atoms with E-state index < -0.39 is 0 Å². The first-order valence-electron chi connectivity index (χ1n) is 37.7. The zero-order chi connectivity index (χ0) is 78.0. The Morgan fingerprint density at radius 2 is 0.613 bits per heavy atom. The van der Waals surface area contributed by atoms with Gasteiger partial charge in [0.15, 0.2) is 5.00 Å². The summed E-state index contributed by atoms with van der Waals surface area (Å²) >= 11 is 1.15. The summed E-state index contributed by atoms with van der Waals surface area (Å²) in [5, 5.41) is 46.0. The molecule has 0 saturated heterocycles. The summed E-state index contributed by atoms with van der Waals surface area (Å²) < 4.78 is 129. The lowest BCUT2D eigenvalue weighted by Crippen LogP contribution is -2.33. The van der Waals surface area contributed by atoms with Gasteiger partial charge < -0.3 is 119 Å². The van der Waals surface area contributed by atoms with Crippen LogP contribution in [0.1, 0.15) is 118 Å². The number of aliphatic hydroxyl groups excluding tert-OH is 2. The number of ether oxygens (including phenoxy) is 22. The number of benzene rings is 1. The number of aliphatic hydroxyl groups is 2. The fraction of sp³-hybridized carbons (Fsp3) is 0.842. The highest BCUT2D eigenvalue weighted by atomic mass is 32.1. The average molecular weight is 1530 g/mol. The molecule has 1 aromatic carbocycles. The van der Waals surface area contributed by atoms with Crippen LogP contribution in [0.15, 0.2) is 28.4 Å². The van der Waals surface area contributed by atoms with E-state index in [9.17, 15) is 10.5 Å². The minimum Gasteiger partial charge on any atom is -0.394 e. The predicted octanol–water partition coefficient (Wildman–Crippen LogP) is 9.12. The third-order valence-electron chi connectivity index (χ3n) is 15.5. The van der Waals surface area contributed by atoms with Crippen molar-refractivity contribution in [2.75, 3.05) is 229 Å². The van der Waals surface area contributed by atoms with E-state index in [1.165, 1.54) is 0 Å². The second-order valence-electron chi connectivity index (χ2n) is 26.5. The average Bonchev–Trinajstić information content (AvgIpc) is 1.63. The summed E-state index contributed by atoms with van der Waals surface area (Å²) in [4.78, 5) is 2.64. The number of rotatable bonds is 73. The molecule has 614 valence electrons. The molecule has 106 heavy (non-hydrogen) atoms. The molecule has 14 unspecified atom stereocenters. The van der Waals surface area contributed by atoms with Crippen LogP contribution < -0.4 is 4.90 Å². The quantitative estimate of drug-likeness (QED) is 0.0460. The Kier molecular flexibility index (Phi) is 59.3. The van der Waals surface area contributed by atoms with Crippen molar-refractivity contribution in [2.45, 2.75) is 196 Å². The molecule has 2 aromatic rings. The number of thiophene rings is 1. The lowest BCUT2D eigenvalue weighted by molar-refractivity contribution is -0.108. The van der Waals surface area contributed by atoms with Gasteiger partial charge >= 0.3 is 0 Å². The van der Waals surface area contributed by atoms with Crippen molar-refractivity contribution >= 4 is 27.7 Å². The molecular weight excluding hydrogens is 1400 g/mol. The van der Waals surface area contributed by atoms with Gasteiger partial charge in [0.1, 0.15) is 17.0 Å². The van der Waals surface area contributed by atoms with E-state index in [4.69, 9.17) is 114 Å². The summed E-state index contributed by atoms with van der Waals surface area (Å²) in [7, 11) is 0. The van der Waals surface area contributed by atoms with Crippen molar-refractivity contribution < 1.29 is 114 Å². The van der Waals surface area contributed by atoms with E-state index in [1.807, 2.05) is 122 Å². The van der Waals surface area contributed by atoms with Crippen molar-refractivity contribution in [1.82, 2.24) is 0 Å². The summed E-state index contributed by atoms with van der Waals surface area (Å²) in [6.45, 7) is 45.1. The van der Waals surface area contributed by atoms with Crippen molar-refractivity contribution in [3.05, 3.63) is 39.8 Å². The number of azo groups is 1. The van der Waals surface area contributed by atoms with Crippen LogP contribution in [-0.2, 0) is 104 Å². The molecule has 0 bridgehead atoms. The highest BCUT2D eigenvalue weighted by Crippen LogP contribution is 2.36. The van der Waals surface area contributed by atoms with E-state index in [-0.39, 0.29) is 98.7 Å². The van der Waals surface area contributed by atoms with E-state index in [0.29, 0.717) is 238 Å². The zero-order valence-corrected chi connectivity index (χ0v) is 67.7. The Bertz CT molecular complexity index is 2440. The smallest absolute Gasteiger partial charge is 0.158 e. The van der Waals surface area contributed by atoms with Crippen LogP contribution in [0, 0.1) is 36.5 Å². The summed E-state index contributed by atoms with van der Waals surface area (Å²) in [6, 6.07) is 10.2. The summed E-state index contributed by atoms with van der Waals surface area (Å²) in [6.07, 6.45) is -2.01. The van der Waals surface area contributed by atoms with Gasteiger partial charge in [0.25, 0.3) is 0 Å². The van der Waals surface area contributed by atoms with E-state index >= 15 is 0 Å². The largest absolute Gasteiger partial charge is 0.394 e. The highest BCUT2D eigenvalue weighted by Gasteiger charge is 2.20. The van der Waals surface area contributed by atoms with Gasteiger partial charge in [-0.05, 0) is 140 Å². The van der Waals surface area contributed by atoms with E-state index in [2.05, 4.69) is 27.3 Å². The van der Waals surface area contributed by atoms with Crippen molar-refractivity contribution in [2.24, 2.45) is 10.2 Å². The molecule has 0 aliphatic rings. The molecule has 29 nitrogen and oxygen atoms in total. The molecule has 2 rings (SSSR count). The van der Waals surface area contributed by atoms with Gasteiger partial charge in [-0.15, -0.1) is 21.6 Å². The molecular formula is C76H135N5O24S. The molecule has 0 saturated carbocycles. The van der Waals surface area contributed by atoms with E-state index in [1.54, 1.807) is 6.92 Å². The van der Waals surface area contributed by atoms with Crippen molar-refractivity contribution in [3.63, 3.8) is 0 Å². The molecule has 1 heterocycles. The van der Waals surface area contributed by atoms with Crippen LogP contribution in [-0.4, -0.2) is 320 Å². The molecule has 1 aromatic heterocycles. The Balaban J connectivity index is 1.70. The van der Waals surface area contributed by atoms with Crippen LogP contribution in [0.5, 0.6) is 0 Å². The molecule has 30 heteroatoms. The van der Waals surface area contributed by atoms with Gasteiger partial charge in [-0.1, -0.05) is 0 Å². The number of hydrogen-bond donors (Lipinski definition) is 2. The summed E-state index contributed by atoms with van der Waals surface area (Å²) in [5.74, 6) is 0. The third kappa shape index (κ3) is 51.7. The van der Waals surface area contributed by atoms with E-state index in [0.717, 1.165) is 22.6 Å². The maximum absolute atomic E-state index is 9.76. The predicted molar refractivity (Wildman–Crippen MR) is 403 cm³/mol. The first-order chi connectivity index (χ1) is 51.1. The van der Waals surface area contributed by atoms with Crippen LogP contribution in [0.2, 0.25) is 0 Å². The molecule has 0 amide bonds. The number of aryl methyl sites for hydroxylation is 1. The second-order valence-corrected chi connectivity index (χ2v) is 27.5. The highest BCUT2D eigenvalue weighted by molar-refractivity contribution is 7.16. The Hall–Kier alpha value is -3.66. The van der Waals surface area contributed by atoms with Gasteiger partial charge in [0, 0.05) is 18.8 Å². The minimum atomic E-state index is -0.186. The third-order valence-corrected chi connectivity index (χ3v) is 16.5.